The van der Waals surface area contributed by atoms with Crippen LogP contribution >= 0.6 is 23.2 Å². The van der Waals surface area contributed by atoms with Gasteiger partial charge in [0.1, 0.15) is 0 Å². The van der Waals surface area contributed by atoms with Gasteiger partial charge in [0.2, 0.25) is 0 Å². The van der Waals surface area contributed by atoms with Crippen molar-refractivity contribution in [3.8, 4) is 0 Å². The highest BCUT2D eigenvalue weighted by atomic mass is 35.5. The van der Waals surface area contributed by atoms with Gasteiger partial charge in [-0.15, -0.1) is 0 Å². The van der Waals surface area contributed by atoms with E-state index < -0.39 is 11.1 Å². The Bertz CT molecular complexity index is 147. The van der Waals surface area contributed by atoms with Gasteiger partial charge < -0.3 is 4.74 Å². The van der Waals surface area contributed by atoms with Crippen LogP contribution in [-0.4, -0.2) is 11.1 Å². The second kappa shape index (κ2) is 4.81. The summed E-state index contributed by atoms with van der Waals surface area (Å²) in [5.41, 5.74) is 0.403. The Balaban J connectivity index is 3.84. The average Bonchev–Trinajstić information content (AvgIpc) is 1.87. The zero-order valence-electron chi connectivity index (χ0n) is 6.73. The first-order valence-electron chi connectivity index (χ1n) is 3.19. The first-order valence-corrected chi connectivity index (χ1v) is 4.07. The van der Waals surface area contributed by atoms with E-state index in [1.165, 1.54) is 0 Å². The SMILES string of the molecule is C=C(C)C(Cl)OC(Cl)C(=C)C. The molecule has 0 radical (unpaired) electrons. The molecule has 0 aliphatic carbocycles. The van der Waals surface area contributed by atoms with Crippen LogP contribution in [-0.2, 0) is 4.74 Å². The first-order chi connectivity index (χ1) is 4.95. The van der Waals surface area contributed by atoms with Crippen molar-refractivity contribution in [2.75, 3.05) is 0 Å². The quantitative estimate of drug-likeness (QED) is 0.494. The smallest absolute Gasteiger partial charge is 0.154 e. The van der Waals surface area contributed by atoms with Gasteiger partial charge in [0.25, 0.3) is 0 Å². The van der Waals surface area contributed by atoms with Crippen LogP contribution in [0.1, 0.15) is 13.8 Å². The van der Waals surface area contributed by atoms with Crippen LogP contribution in [0.3, 0.4) is 0 Å². The molecule has 0 aliphatic rings. The predicted octanol–water partition coefficient (Wildman–Crippen LogP) is 3.29. The van der Waals surface area contributed by atoms with Crippen LogP contribution in [0, 0.1) is 0 Å². The monoisotopic (exact) mass is 194 g/mol. The molecular weight excluding hydrogens is 183 g/mol. The maximum Gasteiger partial charge on any atom is 0.154 e. The summed E-state index contributed by atoms with van der Waals surface area (Å²) in [6.45, 7) is 10.8. The van der Waals surface area contributed by atoms with Crippen LogP contribution in [0.25, 0.3) is 0 Å². The maximum atomic E-state index is 5.71. The highest BCUT2D eigenvalue weighted by Gasteiger charge is 2.12. The molecule has 0 spiro atoms. The first kappa shape index (κ1) is 11.0. The molecule has 0 fully saturated rings. The molecule has 0 rings (SSSR count). The third-order valence-corrected chi connectivity index (χ3v) is 1.96. The van der Waals surface area contributed by atoms with Gasteiger partial charge in [-0.05, 0) is 25.0 Å². The average molecular weight is 195 g/mol. The van der Waals surface area contributed by atoms with E-state index in [-0.39, 0.29) is 0 Å². The Kier molecular flexibility index (Phi) is 4.82. The molecule has 3 heteroatoms. The van der Waals surface area contributed by atoms with Gasteiger partial charge in [-0.25, -0.2) is 0 Å². The summed E-state index contributed by atoms with van der Waals surface area (Å²) in [7, 11) is 0. The minimum atomic E-state index is -0.533. The zero-order chi connectivity index (χ0) is 9.02. The minimum absolute atomic E-state index is 0.533. The lowest BCUT2D eigenvalue weighted by Crippen LogP contribution is -2.14. The number of halogens is 2. The molecule has 0 saturated carbocycles. The van der Waals surface area contributed by atoms with E-state index in [0.29, 0.717) is 0 Å². The molecule has 0 amide bonds. The lowest BCUT2D eigenvalue weighted by Gasteiger charge is -2.15. The van der Waals surface area contributed by atoms with Crippen molar-refractivity contribution in [1.29, 1.82) is 0 Å². The molecular formula is C8H12Cl2O. The van der Waals surface area contributed by atoms with Gasteiger partial charge in [0.05, 0.1) is 0 Å². The van der Waals surface area contributed by atoms with E-state index in [4.69, 9.17) is 27.9 Å². The van der Waals surface area contributed by atoms with Crippen molar-refractivity contribution in [3.63, 3.8) is 0 Å². The van der Waals surface area contributed by atoms with E-state index in [9.17, 15) is 0 Å². The van der Waals surface area contributed by atoms with Crippen molar-refractivity contribution >= 4 is 23.2 Å². The van der Waals surface area contributed by atoms with Crippen molar-refractivity contribution in [3.05, 3.63) is 24.3 Å². The Morgan fingerprint density at radius 1 is 1.09 bits per heavy atom. The summed E-state index contributed by atoms with van der Waals surface area (Å²) in [6.07, 6.45) is 0. The molecule has 1 nitrogen and oxygen atoms in total. The normalized spacial score (nSPS) is 15.6. The van der Waals surface area contributed by atoms with Crippen molar-refractivity contribution in [1.82, 2.24) is 0 Å². The van der Waals surface area contributed by atoms with E-state index in [1.54, 1.807) is 13.8 Å². The molecule has 0 saturated heterocycles. The Hall–Kier alpha value is 0.0200. The van der Waals surface area contributed by atoms with Crippen LogP contribution in [0.4, 0.5) is 0 Å². The molecule has 0 heterocycles. The van der Waals surface area contributed by atoms with E-state index in [0.717, 1.165) is 11.1 Å². The topological polar surface area (TPSA) is 9.23 Å². The van der Waals surface area contributed by atoms with Gasteiger partial charge in [-0.2, -0.15) is 0 Å². The molecule has 0 N–H and O–H groups in total. The van der Waals surface area contributed by atoms with Gasteiger partial charge >= 0.3 is 0 Å². The molecule has 2 atom stereocenters. The van der Waals surface area contributed by atoms with Crippen LogP contribution in [0.15, 0.2) is 24.3 Å². The number of hydrogen-bond donors (Lipinski definition) is 0. The van der Waals surface area contributed by atoms with Crippen molar-refractivity contribution < 1.29 is 4.74 Å². The number of ether oxygens (including phenoxy) is 1. The fourth-order valence-electron chi connectivity index (χ4n) is 0.337. The van der Waals surface area contributed by atoms with Gasteiger partial charge in [-0.1, -0.05) is 36.4 Å². The molecule has 0 aromatic carbocycles. The van der Waals surface area contributed by atoms with Gasteiger partial charge in [0.15, 0.2) is 11.1 Å². The largest absolute Gasteiger partial charge is 0.336 e. The Morgan fingerprint density at radius 2 is 1.36 bits per heavy atom. The molecule has 0 aliphatic heterocycles. The van der Waals surface area contributed by atoms with E-state index >= 15 is 0 Å². The number of rotatable bonds is 4. The van der Waals surface area contributed by atoms with E-state index in [1.807, 2.05) is 0 Å². The molecule has 64 valence electrons. The Morgan fingerprint density at radius 3 is 1.55 bits per heavy atom. The summed E-state index contributed by atoms with van der Waals surface area (Å²) in [5, 5.41) is 0. The minimum Gasteiger partial charge on any atom is -0.336 e. The van der Waals surface area contributed by atoms with Crippen LogP contribution in [0.5, 0.6) is 0 Å². The molecule has 2 unspecified atom stereocenters. The van der Waals surface area contributed by atoms with Gasteiger partial charge in [-0.3, -0.25) is 0 Å². The predicted molar refractivity (Wildman–Crippen MR) is 50.0 cm³/mol. The summed E-state index contributed by atoms with van der Waals surface area (Å²) in [4.78, 5) is 0. The van der Waals surface area contributed by atoms with Crippen LogP contribution in [0.2, 0.25) is 0 Å². The van der Waals surface area contributed by atoms with Gasteiger partial charge in [0, 0.05) is 0 Å². The summed E-state index contributed by atoms with van der Waals surface area (Å²) in [5.74, 6) is 0. The standard InChI is InChI=1S/C8H12Cl2O/c1-5(2)7(9)11-8(10)6(3)4/h7-8H,1,3H2,2,4H3. The molecule has 0 bridgehead atoms. The lowest BCUT2D eigenvalue weighted by atomic mass is 10.3. The molecule has 0 aromatic rings. The maximum absolute atomic E-state index is 5.71. The van der Waals surface area contributed by atoms with Crippen molar-refractivity contribution in [2.45, 2.75) is 25.0 Å². The third kappa shape index (κ3) is 4.46. The number of hydrogen-bond acceptors (Lipinski definition) is 1. The highest BCUT2D eigenvalue weighted by molar-refractivity contribution is 6.23. The van der Waals surface area contributed by atoms with Crippen LogP contribution < -0.4 is 0 Å². The lowest BCUT2D eigenvalue weighted by molar-refractivity contribution is 0.124. The number of alkyl halides is 2. The highest BCUT2D eigenvalue weighted by Crippen LogP contribution is 2.17. The Labute approximate surface area is 77.6 Å². The van der Waals surface area contributed by atoms with E-state index in [2.05, 4.69) is 13.2 Å². The van der Waals surface area contributed by atoms with Crippen molar-refractivity contribution in [2.24, 2.45) is 0 Å². The fourth-order valence-corrected chi connectivity index (χ4v) is 0.596. The molecule has 11 heavy (non-hydrogen) atoms. The summed E-state index contributed by atoms with van der Waals surface area (Å²) in [6, 6.07) is 0. The molecule has 0 aromatic heterocycles. The summed E-state index contributed by atoms with van der Waals surface area (Å²) >= 11 is 11.4. The fraction of sp³-hybridized carbons (Fsp3) is 0.500. The second-order valence-electron chi connectivity index (χ2n) is 2.46. The third-order valence-electron chi connectivity index (χ3n) is 1.01. The second-order valence-corrected chi connectivity index (χ2v) is 3.25. The summed E-state index contributed by atoms with van der Waals surface area (Å²) < 4.78 is 5.10. The zero-order valence-corrected chi connectivity index (χ0v) is 8.24.